The number of piperazine rings is 1. The van der Waals surface area contributed by atoms with Gasteiger partial charge in [0.1, 0.15) is 5.82 Å². The molecule has 2 aromatic carbocycles. The second-order valence-corrected chi connectivity index (χ2v) is 7.69. The maximum absolute atomic E-state index is 13.3. The van der Waals surface area contributed by atoms with Crippen LogP contribution in [0.4, 0.5) is 10.1 Å². The molecule has 0 aromatic heterocycles. The summed E-state index contributed by atoms with van der Waals surface area (Å²) in [5.41, 5.74) is 2.13. The molecule has 1 saturated heterocycles. The van der Waals surface area contributed by atoms with E-state index in [4.69, 9.17) is 0 Å². The lowest BCUT2D eigenvalue weighted by atomic mass is 10.0. The molecule has 150 valence electrons. The number of benzene rings is 2. The third-order valence-electron chi connectivity index (χ3n) is 5.51. The molecule has 5 heteroatoms. The lowest BCUT2D eigenvalue weighted by molar-refractivity contribution is -0.124. The number of carbonyl (C=O) groups excluding carboxylic acids is 1. The van der Waals surface area contributed by atoms with Gasteiger partial charge < -0.3 is 10.2 Å². The van der Waals surface area contributed by atoms with E-state index in [1.807, 2.05) is 19.1 Å². The van der Waals surface area contributed by atoms with Gasteiger partial charge in [-0.25, -0.2) is 4.39 Å². The molecule has 2 atom stereocenters. The molecule has 1 fully saturated rings. The monoisotopic (exact) mass is 383 g/mol. The topological polar surface area (TPSA) is 35.6 Å². The molecule has 2 aromatic rings. The predicted molar refractivity (Wildman–Crippen MR) is 112 cm³/mol. The summed E-state index contributed by atoms with van der Waals surface area (Å²) in [6.07, 6.45) is 0.549. The second-order valence-electron chi connectivity index (χ2n) is 7.69. The van der Waals surface area contributed by atoms with E-state index in [9.17, 15) is 9.18 Å². The van der Waals surface area contributed by atoms with E-state index < -0.39 is 0 Å². The number of carbonyl (C=O) groups is 1. The zero-order valence-corrected chi connectivity index (χ0v) is 16.8. The van der Waals surface area contributed by atoms with Crippen molar-refractivity contribution in [3.63, 3.8) is 0 Å². The summed E-state index contributed by atoms with van der Waals surface area (Å²) in [5, 5.41) is 3.07. The molecule has 1 aliphatic heterocycles. The third-order valence-corrected chi connectivity index (χ3v) is 5.51. The fourth-order valence-corrected chi connectivity index (χ4v) is 3.72. The normalized spacial score (nSPS) is 17.2. The molecular weight excluding hydrogens is 353 g/mol. The van der Waals surface area contributed by atoms with Gasteiger partial charge in [-0.1, -0.05) is 37.3 Å². The number of nitrogens with one attached hydrogen (secondary N) is 1. The molecular formula is C23H30FN3O. The Morgan fingerprint density at radius 3 is 2.43 bits per heavy atom. The van der Waals surface area contributed by atoms with Crippen LogP contribution in [0.5, 0.6) is 0 Å². The Balaban J connectivity index is 1.41. The number of hydrogen-bond donors (Lipinski definition) is 1. The standard InChI is InChI=1S/C23H30FN3O/c1-18(15-20-7-6-8-21(24)16-20)23(28)25-17-19(2)26-11-13-27(14-12-26)22-9-4-3-5-10-22/h3-10,16,18-19H,11-15,17H2,1-2H3,(H,25,28). The van der Waals surface area contributed by atoms with Gasteiger partial charge in [-0.15, -0.1) is 0 Å². The summed E-state index contributed by atoms with van der Waals surface area (Å²) < 4.78 is 13.3. The van der Waals surface area contributed by atoms with Crippen molar-refractivity contribution < 1.29 is 9.18 Å². The van der Waals surface area contributed by atoms with Crippen LogP contribution in [0.2, 0.25) is 0 Å². The molecule has 2 unspecified atom stereocenters. The minimum absolute atomic E-state index is 0.0269. The Morgan fingerprint density at radius 1 is 1.04 bits per heavy atom. The molecule has 3 rings (SSSR count). The number of amides is 1. The fraction of sp³-hybridized carbons (Fsp3) is 0.435. The number of rotatable bonds is 7. The minimum Gasteiger partial charge on any atom is -0.369 e. The summed E-state index contributed by atoms with van der Waals surface area (Å²) in [6.45, 7) is 8.67. The van der Waals surface area contributed by atoms with Crippen molar-refractivity contribution in [1.29, 1.82) is 0 Å². The van der Waals surface area contributed by atoms with Crippen molar-refractivity contribution in [3.05, 3.63) is 66.0 Å². The molecule has 1 heterocycles. The first-order valence-electron chi connectivity index (χ1n) is 10.1. The van der Waals surface area contributed by atoms with E-state index >= 15 is 0 Å². The first kappa shape index (κ1) is 20.3. The molecule has 28 heavy (non-hydrogen) atoms. The van der Waals surface area contributed by atoms with Crippen LogP contribution in [0.1, 0.15) is 19.4 Å². The van der Waals surface area contributed by atoms with Crippen LogP contribution in [0.15, 0.2) is 54.6 Å². The molecule has 1 N–H and O–H groups in total. The zero-order valence-electron chi connectivity index (χ0n) is 16.8. The highest BCUT2D eigenvalue weighted by atomic mass is 19.1. The summed E-state index contributed by atoms with van der Waals surface area (Å²) >= 11 is 0. The third kappa shape index (κ3) is 5.55. The van der Waals surface area contributed by atoms with Gasteiger partial charge in [0.2, 0.25) is 5.91 Å². The van der Waals surface area contributed by atoms with Gasteiger partial charge in [0.25, 0.3) is 0 Å². The van der Waals surface area contributed by atoms with Gasteiger partial charge in [-0.05, 0) is 43.2 Å². The first-order valence-corrected chi connectivity index (χ1v) is 10.1. The quantitative estimate of drug-likeness (QED) is 0.797. The van der Waals surface area contributed by atoms with Crippen LogP contribution in [0.3, 0.4) is 0 Å². The van der Waals surface area contributed by atoms with Gasteiger partial charge >= 0.3 is 0 Å². The van der Waals surface area contributed by atoms with Gasteiger partial charge in [0.15, 0.2) is 0 Å². The Morgan fingerprint density at radius 2 is 1.75 bits per heavy atom. The average molecular weight is 384 g/mol. The lowest BCUT2D eigenvalue weighted by Gasteiger charge is -2.39. The van der Waals surface area contributed by atoms with Gasteiger partial charge in [-0.3, -0.25) is 9.69 Å². The molecule has 0 radical (unpaired) electrons. The molecule has 4 nitrogen and oxygen atoms in total. The molecule has 0 spiro atoms. The summed E-state index contributed by atoms with van der Waals surface area (Å²) in [6, 6.07) is 17.3. The van der Waals surface area contributed by atoms with Crippen molar-refractivity contribution in [3.8, 4) is 0 Å². The Kier molecular flexibility index (Phi) is 7.04. The average Bonchev–Trinajstić information content (AvgIpc) is 2.72. The number of nitrogens with zero attached hydrogens (tertiary/aromatic N) is 2. The summed E-state index contributed by atoms with van der Waals surface area (Å²) in [7, 11) is 0. The molecule has 0 bridgehead atoms. The SMILES string of the molecule is CC(Cc1cccc(F)c1)C(=O)NCC(C)N1CCN(c2ccccc2)CC1. The number of para-hydroxylation sites is 1. The lowest BCUT2D eigenvalue weighted by Crippen LogP contribution is -2.52. The van der Waals surface area contributed by atoms with Crippen LogP contribution in [-0.4, -0.2) is 49.6 Å². The van der Waals surface area contributed by atoms with Crippen LogP contribution in [0.25, 0.3) is 0 Å². The molecule has 0 saturated carbocycles. The minimum atomic E-state index is -0.256. The van der Waals surface area contributed by atoms with E-state index in [2.05, 4.69) is 46.3 Å². The largest absolute Gasteiger partial charge is 0.369 e. The van der Waals surface area contributed by atoms with Crippen molar-refractivity contribution in [2.24, 2.45) is 5.92 Å². The highest BCUT2D eigenvalue weighted by Crippen LogP contribution is 2.16. The van der Waals surface area contributed by atoms with Gasteiger partial charge in [0.05, 0.1) is 0 Å². The Bertz CT molecular complexity index is 759. The van der Waals surface area contributed by atoms with Crippen LogP contribution >= 0.6 is 0 Å². The summed E-state index contributed by atoms with van der Waals surface area (Å²) in [5.74, 6) is -0.406. The van der Waals surface area contributed by atoms with Crippen LogP contribution in [-0.2, 0) is 11.2 Å². The molecule has 0 aliphatic carbocycles. The van der Waals surface area contributed by atoms with E-state index in [0.29, 0.717) is 19.0 Å². The molecule has 1 amide bonds. The smallest absolute Gasteiger partial charge is 0.223 e. The number of hydrogen-bond acceptors (Lipinski definition) is 3. The number of anilines is 1. The summed E-state index contributed by atoms with van der Waals surface area (Å²) in [4.78, 5) is 17.3. The Hall–Kier alpha value is -2.40. The van der Waals surface area contributed by atoms with E-state index in [-0.39, 0.29) is 17.6 Å². The first-order chi connectivity index (χ1) is 13.5. The van der Waals surface area contributed by atoms with Crippen LogP contribution in [0, 0.1) is 11.7 Å². The predicted octanol–water partition coefficient (Wildman–Crippen LogP) is 3.33. The second kappa shape index (κ2) is 9.69. The maximum Gasteiger partial charge on any atom is 0.223 e. The molecule has 1 aliphatic rings. The fourth-order valence-electron chi connectivity index (χ4n) is 3.72. The van der Waals surface area contributed by atoms with E-state index in [1.54, 1.807) is 6.07 Å². The van der Waals surface area contributed by atoms with Crippen molar-refractivity contribution in [2.75, 3.05) is 37.6 Å². The Labute approximate surface area is 167 Å². The van der Waals surface area contributed by atoms with Crippen LogP contribution < -0.4 is 10.2 Å². The van der Waals surface area contributed by atoms with Crippen molar-refractivity contribution >= 4 is 11.6 Å². The van der Waals surface area contributed by atoms with E-state index in [0.717, 1.165) is 31.7 Å². The van der Waals surface area contributed by atoms with Crippen molar-refractivity contribution in [1.82, 2.24) is 10.2 Å². The number of halogens is 1. The van der Waals surface area contributed by atoms with E-state index in [1.165, 1.54) is 17.8 Å². The maximum atomic E-state index is 13.3. The van der Waals surface area contributed by atoms with Gasteiger partial charge in [0, 0.05) is 50.4 Å². The van der Waals surface area contributed by atoms with Crippen molar-refractivity contribution in [2.45, 2.75) is 26.3 Å². The zero-order chi connectivity index (χ0) is 19.9. The highest BCUT2D eigenvalue weighted by molar-refractivity contribution is 5.78. The van der Waals surface area contributed by atoms with Gasteiger partial charge in [-0.2, -0.15) is 0 Å². The highest BCUT2D eigenvalue weighted by Gasteiger charge is 2.22.